The van der Waals surface area contributed by atoms with Gasteiger partial charge in [-0.05, 0) is 18.9 Å². The van der Waals surface area contributed by atoms with Crippen LogP contribution in [0.4, 0.5) is 13.2 Å². The van der Waals surface area contributed by atoms with Gasteiger partial charge in [-0.25, -0.2) is 0 Å². The fourth-order valence-corrected chi connectivity index (χ4v) is 1.42. The number of halogens is 3. The van der Waals surface area contributed by atoms with Crippen LogP contribution in [0.3, 0.4) is 0 Å². The van der Waals surface area contributed by atoms with Gasteiger partial charge in [0.2, 0.25) is 0 Å². The standard InChI is InChI=1S/C10H13F3O/c1-2-3-8-4-6-9(7-5-8)14-10(11,12)13/h4,6H,2-3,5,7H2,1H3. The molecule has 14 heavy (non-hydrogen) atoms. The van der Waals surface area contributed by atoms with Crippen molar-refractivity contribution < 1.29 is 17.9 Å². The maximum Gasteiger partial charge on any atom is 0.572 e. The average molecular weight is 206 g/mol. The molecule has 0 bridgehead atoms. The van der Waals surface area contributed by atoms with Crippen LogP contribution in [0.15, 0.2) is 23.5 Å². The molecular weight excluding hydrogens is 193 g/mol. The normalized spacial score (nSPS) is 17.4. The summed E-state index contributed by atoms with van der Waals surface area (Å²) < 4.78 is 39.2. The Hall–Kier alpha value is -0.930. The molecule has 0 aromatic carbocycles. The summed E-state index contributed by atoms with van der Waals surface area (Å²) in [5, 5.41) is 0. The van der Waals surface area contributed by atoms with Crippen LogP contribution in [0.2, 0.25) is 0 Å². The predicted octanol–water partition coefficient (Wildman–Crippen LogP) is 3.93. The van der Waals surface area contributed by atoms with Gasteiger partial charge < -0.3 is 4.74 Å². The Kier molecular flexibility index (Phi) is 3.61. The molecule has 1 aliphatic rings. The number of allylic oxidation sites excluding steroid dienone is 4. The van der Waals surface area contributed by atoms with Gasteiger partial charge in [0.05, 0.1) is 0 Å². The fraction of sp³-hybridized carbons (Fsp3) is 0.600. The van der Waals surface area contributed by atoms with Gasteiger partial charge in [0.15, 0.2) is 0 Å². The second-order valence-corrected chi connectivity index (χ2v) is 3.26. The molecule has 0 radical (unpaired) electrons. The minimum atomic E-state index is -4.55. The summed E-state index contributed by atoms with van der Waals surface area (Å²) in [6.07, 6.45) is 1.60. The monoisotopic (exact) mass is 206 g/mol. The van der Waals surface area contributed by atoms with Crippen LogP contribution in [0.5, 0.6) is 0 Å². The lowest BCUT2D eigenvalue weighted by Crippen LogP contribution is -2.13. The highest BCUT2D eigenvalue weighted by molar-refractivity contribution is 5.20. The minimum absolute atomic E-state index is 0.0114. The summed E-state index contributed by atoms with van der Waals surface area (Å²) in [6.45, 7) is 2.05. The molecule has 80 valence electrons. The van der Waals surface area contributed by atoms with Crippen LogP contribution < -0.4 is 0 Å². The van der Waals surface area contributed by atoms with Gasteiger partial charge in [-0.2, -0.15) is 0 Å². The molecule has 0 spiro atoms. The Morgan fingerprint density at radius 1 is 1.29 bits per heavy atom. The summed E-state index contributed by atoms with van der Waals surface area (Å²) in [5.74, 6) is 0.0114. The summed E-state index contributed by atoms with van der Waals surface area (Å²) in [7, 11) is 0. The van der Waals surface area contributed by atoms with E-state index in [-0.39, 0.29) is 5.76 Å². The zero-order valence-corrected chi connectivity index (χ0v) is 8.03. The van der Waals surface area contributed by atoms with E-state index in [0.29, 0.717) is 12.8 Å². The number of rotatable bonds is 3. The molecule has 0 unspecified atom stereocenters. The van der Waals surface area contributed by atoms with Crippen molar-refractivity contribution in [1.82, 2.24) is 0 Å². The second kappa shape index (κ2) is 4.53. The van der Waals surface area contributed by atoms with Gasteiger partial charge in [0.25, 0.3) is 0 Å². The Labute approximate surface area is 81.2 Å². The van der Waals surface area contributed by atoms with E-state index in [1.165, 1.54) is 11.6 Å². The van der Waals surface area contributed by atoms with Crippen molar-refractivity contribution in [3.05, 3.63) is 23.5 Å². The summed E-state index contributed by atoms with van der Waals surface area (Å²) in [5.41, 5.74) is 1.20. The van der Waals surface area contributed by atoms with Crippen molar-refractivity contribution in [2.45, 2.75) is 39.0 Å². The van der Waals surface area contributed by atoms with Crippen molar-refractivity contribution in [2.24, 2.45) is 0 Å². The maximum absolute atomic E-state index is 11.8. The second-order valence-electron chi connectivity index (χ2n) is 3.26. The molecule has 0 aromatic heterocycles. The van der Waals surface area contributed by atoms with Crippen LogP contribution in [0, 0.1) is 0 Å². The van der Waals surface area contributed by atoms with Gasteiger partial charge in [0.1, 0.15) is 5.76 Å². The Balaban J connectivity index is 2.51. The molecule has 1 rings (SSSR count). The first-order valence-electron chi connectivity index (χ1n) is 4.65. The van der Waals surface area contributed by atoms with Crippen molar-refractivity contribution in [2.75, 3.05) is 0 Å². The molecule has 0 atom stereocenters. The Morgan fingerprint density at radius 2 is 2.00 bits per heavy atom. The molecular formula is C10H13F3O. The van der Waals surface area contributed by atoms with Crippen molar-refractivity contribution >= 4 is 0 Å². The van der Waals surface area contributed by atoms with Crippen molar-refractivity contribution in [3.63, 3.8) is 0 Å². The highest BCUT2D eigenvalue weighted by Gasteiger charge is 2.32. The first kappa shape index (κ1) is 11.1. The summed E-state index contributed by atoms with van der Waals surface area (Å²) in [4.78, 5) is 0. The molecule has 1 nitrogen and oxygen atoms in total. The molecule has 0 saturated heterocycles. The molecule has 0 fully saturated rings. The van der Waals surface area contributed by atoms with Crippen molar-refractivity contribution in [3.8, 4) is 0 Å². The highest BCUT2D eigenvalue weighted by atomic mass is 19.4. The largest absolute Gasteiger partial charge is 0.572 e. The van der Waals surface area contributed by atoms with Crippen LogP contribution >= 0.6 is 0 Å². The number of alkyl halides is 3. The van der Waals surface area contributed by atoms with Gasteiger partial charge in [0, 0.05) is 6.42 Å². The third-order valence-corrected chi connectivity index (χ3v) is 2.02. The Morgan fingerprint density at radius 3 is 2.43 bits per heavy atom. The van der Waals surface area contributed by atoms with Crippen LogP contribution in [-0.2, 0) is 4.74 Å². The fourth-order valence-electron chi connectivity index (χ4n) is 1.42. The number of hydrogen-bond donors (Lipinski definition) is 0. The van der Waals surface area contributed by atoms with Gasteiger partial charge in [-0.15, -0.1) is 13.2 Å². The van der Waals surface area contributed by atoms with E-state index < -0.39 is 6.36 Å². The van der Waals surface area contributed by atoms with Crippen LogP contribution in [0.25, 0.3) is 0 Å². The highest BCUT2D eigenvalue weighted by Crippen LogP contribution is 2.28. The summed E-state index contributed by atoms with van der Waals surface area (Å²) >= 11 is 0. The quantitative estimate of drug-likeness (QED) is 0.679. The van der Waals surface area contributed by atoms with E-state index in [1.54, 1.807) is 6.08 Å². The number of hydrogen-bond acceptors (Lipinski definition) is 1. The Bertz CT molecular complexity index is 251. The smallest absolute Gasteiger partial charge is 0.410 e. The predicted molar refractivity (Wildman–Crippen MR) is 47.4 cm³/mol. The molecule has 0 amide bonds. The third kappa shape index (κ3) is 3.85. The van der Waals surface area contributed by atoms with E-state index in [1.807, 2.05) is 6.92 Å². The first-order valence-corrected chi connectivity index (χ1v) is 4.65. The lowest BCUT2D eigenvalue weighted by atomic mass is 10.00. The van der Waals surface area contributed by atoms with E-state index >= 15 is 0 Å². The molecule has 0 N–H and O–H groups in total. The van der Waals surface area contributed by atoms with Crippen LogP contribution in [-0.4, -0.2) is 6.36 Å². The molecule has 0 heterocycles. The van der Waals surface area contributed by atoms with E-state index in [0.717, 1.165) is 12.8 Å². The van der Waals surface area contributed by atoms with E-state index in [2.05, 4.69) is 4.74 Å². The van der Waals surface area contributed by atoms with E-state index in [4.69, 9.17) is 0 Å². The van der Waals surface area contributed by atoms with Crippen molar-refractivity contribution in [1.29, 1.82) is 0 Å². The average Bonchev–Trinajstić information content (AvgIpc) is 2.06. The molecule has 4 heteroatoms. The number of ether oxygens (including phenoxy) is 1. The lowest BCUT2D eigenvalue weighted by molar-refractivity contribution is -0.306. The van der Waals surface area contributed by atoms with Crippen LogP contribution in [0.1, 0.15) is 32.6 Å². The zero-order valence-electron chi connectivity index (χ0n) is 8.03. The zero-order chi connectivity index (χ0) is 10.6. The topological polar surface area (TPSA) is 9.23 Å². The molecule has 0 saturated carbocycles. The molecule has 0 aromatic rings. The third-order valence-electron chi connectivity index (χ3n) is 2.02. The van der Waals surface area contributed by atoms with Gasteiger partial charge >= 0.3 is 6.36 Å². The first-order chi connectivity index (χ1) is 6.51. The SMILES string of the molecule is CCCC1=CC=C(OC(F)(F)F)CC1. The minimum Gasteiger partial charge on any atom is -0.410 e. The molecule has 1 aliphatic carbocycles. The molecule has 0 aliphatic heterocycles. The summed E-state index contributed by atoms with van der Waals surface area (Å²) in [6, 6.07) is 0. The van der Waals surface area contributed by atoms with E-state index in [9.17, 15) is 13.2 Å². The maximum atomic E-state index is 11.8. The van der Waals surface area contributed by atoms with Gasteiger partial charge in [-0.3, -0.25) is 0 Å². The van der Waals surface area contributed by atoms with Gasteiger partial charge in [-0.1, -0.05) is 25.0 Å². The lowest BCUT2D eigenvalue weighted by Gasteiger charge is -2.16.